The standard InChI is InChI=1S/C11H11N3O2/c12-11(10(15)16)3-6-1-8-9(14-5-13-8)2-7(6)4-11/h1-2,5H,3-4,12H2,(H,13,14)(H,15,16). The summed E-state index contributed by atoms with van der Waals surface area (Å²) in [5, 5.41) is 9.08. The maximum Gasteiger partial charge on any atom is 0.324 e. The van der Waals surface area contributed by atoms with Crippen LogP contribution in [0.25, 0.3) is 11.0 Å². The molecule has 5 heteroatoms. The number of carbonyl (C=O) groups is 1. The number of aromatic amines is 1. The Labute approximate surface area is 91.3 Å². The molecular weight excluding hydrogens is 206 g/mol. The van der Waals surface area contributed by atoms with Crippen molar-refractivity contribution in [2.75, 3.05) is 0 Å². The number of carboxylic acids is 1. The van der Waals surface area contributed by atoms with Crippen LogP contribution in [0.5, 0.6) is 0 Å². The Hall–Kier alpha value is -1.88. The predicted octanol–water partition coefficient (Wildman–Crippen LogP) is 0.444. The van der Waals surface area contributed by atoms with Crippen LogP contribution in [0.4, 0.5) is 0 Å². The van der Waals surface area contributed by atoms with Gasteiger partial charge in [-0.25, -0.2) is 4.98 Å². The molecule has 3 rings (SSSR count). The first-order chi connectivity index (χ1) is 7.58. The normalized spacial score (nSPS) is 17.6. The van der Waals surface area contributed by atoms with Gasteiger partial charge in [-0.05, 0) is 23.3 Å². The molecule has 0 radical (unpaired) electrons. The molecule has 0 spiro atoms. The Balaban J connectivity index is 2.13. The third-order valence-electron chi connectivity index (χ3n) is 3.18. The van der Waals surface area contributed by atoms with Gasteiger partial charge in [0.05, 0.1) is 17.4 Å². The summed E-state index contributed by atoms with van der Waals surface area (Å²) in [6.45, 7) is 0. The summed E-state index contributed by atoms with van der Waals surface area (Å²) >= 11 is 0. The van der Waals surface area contributed by atoms with Gasteiger partial charge in [-0.2, -0.15) is 0 Å². The molecule has 0 aliphatic heterocycles. The van der Waals surface area contributed by atoms with Gasteiger partial charge in [-0.1, -0.05) is 0 Å². The van der Waals surface area contributed by atoms with E-state index in [0.717, 1.165) is 22.2 Å². The minimum absolute atomic E-state index is 0.375. The van der Waals surface area contributed by atoms with Crippen molar-refractivity contribution in [1.29, 1.82) is 0 Å². The van der Waals surface area contributed by atoms with Crippen molar-refractivity contribution >= 4 is 17.0 Å². The van der Waals surface area contributed by atoms with Gasteiger partial charge >= 0.3 is 5.97 Å². The van der Waals surface area contributed by atoms with Gasteiger partial charge in [-0.15, -0.1) is 0 Å². The van der Waals surface area contributed by atoms with Gasteiger partial charge in [0.15, 0.2) is 0 Å². The van der Waals surface area contributed by atoms with E-state index in [1.165, 1.54) is 0 Å². The van der Waals surface area contributed by atoms with E-state index in [0.29, 0.717) is 12.8 Å². The molecule has 1 heterocycles. The summed E-state index contributed by atoms with van der Waals surface area (Å²) in [6, 6.07) is 3.86. The van der Waals surface area contributed by atoms with Gasteiger partial charge in [0.1, 0.15) is 5.54 Å². The van der Waals surface area contributed by atoms with Crippen LogP contribution in [-0.4, -0.2) is 26.6 Å². The minimum atomic E-state index is -1.15. The number of rotatable bonds is 1. The van der Waals surface area contributed by atoms with Crippen LogP contribution in [0.15, 0.2) is 18.5 Å². The van der Waals surface area contributed by atoms with E-state index in [1.54, 1.807) is 6.33 Å². The highest BCUT2D eigenvalue weighted by atomic mass is 16.4. The second-order valence-corrected chi connectivity index (χ2v) is 4.36. The molecule has 1 aromatic carbocycles. The number of nitrogens with two attached hydrogens (primary N) is 1. The van der Waals surface area contributed by atoms with Crippen molar-refractivity contribution in [3.05, 3.63) is 29.6 Å². The fourth-order valence-corrected chi connectivity index (χ4v) is 2.29. The number of hydrogen-bond donors (Lipinski definition) is 3. The number of nitrogens with one attached hydrogen (secondary N) is 1. The molecule has 1 aliphatic rings. The number of aliphatic carboxylic acids is 1. The highest BCUT2D eigenvalue weighted by Crippen LogP contribution is 2.31. The number of fused-ring (bicyclic) bond motifs is 2. The maximum absolute atomic E-state index is 11.1. The molecular formula is C11H11N3O2. The van der Waals surface area contributed by atoms with Crippen molar-refractivity contribution in [2.45, 2.75) is 18.4 Å². The van der Waals surface area contributed by atoms with Gasteiger partial charge in [0.2, 0.25) is 0 Å². The van der Waals surface area contributed by atoms with E-state index in [2.05, 4.69) is 9.97 Å². The van der Waals surface area contributed by atoms with Gasteiger partial charge in [0, 0.05) is 12.8 Å². The number of carboxylic acid groups (broad SMARTS) is 1. The highest BCUT2D eigenvalue weighted by molar-refractivity contribution is 5.83. The van der Waals surface area contributed by atoms with E-state index in [9.17, 15) is 4.79 Å². The molecule has 4 N–H and O–H groups in total. The second kappa shape index (κ2) is 2.82. The summed E-state index contributed by atoms with van der Waals surface area (Å²) in [5.74, 6) is -0.944. The van der Waals surface area contributed by atoms with Crippen molar-refractivity contribution in [3.63, 3.8) is 0 Å². The van der Waals surface area contributed by atoms with Crippen LogP contribution in [0.3, 0.4) is 0 Å². The summed E-state index contributed by atoms with van der Waals surface area (Å²) < 4.78 is 0. The Kier molecular flexibility index (Phi) is 1.65. The summed E-state index contributed by atoms with van der Waals surface area (Å²) in [6.07, 6.45) is 2.39. The molecule has 1 atom stereocenters. The first-order valence-corrected chi connectivity index (χ1v) is 5.06. The van der Waals surface area contributed by atoms with E-state index in [-0.39, 0.29) is 0 Å². The monoisotopic (exact) mass is 217 g/mol. The number of imidazole rings is 1. The van der Waals surface area contributed by atoms with Crippen molar-refractivity contribution in [3.8, 4) is 0 Å². The smallest absolute Gasteiger partial charge is 0.324 e. The average Bonchev–Trinajstić information content (AvgIpc) is 2.76. The van der Waals surface area contributed by atoms with Gasteiger partial charge in [-0.3, -0.25) is 4.79 Å². The average molecular weight is 217 g/mol. The lowest BCUT2D eigenvalue weighted by atomic mass is 9.98. The Bertz CT molecular complexity index is 548. The Morgan fingerprint density at radius 3 is 2.81 bits per heavy atom. The maximum atomic E-state index is 11.1. The first kappa shape index (κ1) is 9.35. The quantitative estimate of drug-likeness (QED) is 0.646. The van der Waals surface area contributed by atoms with Crippen LogP contribution in [-0.2, 0) is 17.6 Å². The van der Waals surface area contributed by atoms with Crippen molar-refractivity contribution in [1.82, 2.24) is 9.97 Å². The zero-order chi connectivity index (χ0) is 11.3. The second-order valence-electron chi connectivity index (χ2n) is 4.36. The van der Waals surface area contributed by atoms with Crippen LogP contribution in [0.2, 0.25) is 0 Å². The van der Waals surface area contributed by atoms with Crippen LogP contribution in [0, 0.1) is 0 Å². The summed E-state index contributed by atoms with van der Waals surface area (Å²) in [5.41, 5.74) is 8.47. The lowest BCUT2D eigenvalue weighted by Crippen LogP contribution is -2.48. The zero-order valence-corrected chi connectivity index (χ0v) is 8.53. The number of hydrogen-bond acceptors (Lipinski definition) is 3. The van der Waals surface area contributed by atoms with Crippen LogP contribution >= 0.6 is 0 Å². The zero-order valence-electron chi connectivity index (χ0n) is 8.53. The lowest BCUT2D eigenvalue weighted by Gasteiger charge is -2.16. The van der Waals surface area contributed by atoms with E-state index in [1.807, 2.05) is 12.1 Å². The topological polar surface area (TPSA) is 92.0 Å². The molecule has 82 valence electrons. The molecule has 0 saturated heterocycles. The molecule has 1 unspecified atom stereocenters. The van der Waals surface area contributed by atoms with Gasteiger partial charge < -0.3 is 15.8 Å². The fourth-order valence-electron chi connectivity index (χ4n) is 2.29. The molecule has 0 amide bonds. The lowest BCUT2D eigenvalue weighted by molar-refractivity contribution is -0.142. The SMILES string of the molecule is NC1(C(=O)O)Cc2cc3nc[nH]c3cc2C1. The number of aromatic nitrogens is 2. The molecule has 0 bridgehead atoms. The molecule has 1 aliphatic carbocycles. The van der Waals surface area contributed by atoms with E-state index >= 15 is 0 Å². The fraction of sp³-hybridized carbons (Fsp3) is 0.273. The Morgan fingerprint density at radius 2 is 2.12 bits per heavy atom. The molecule has 1 aromatic heterocycles. The van der Waals surface area contributed by atoms with Crippen molar-refractivity contribution in [2.24, 2.45) is 5.73 Å². The van der Waals surface area contributed by atoms with Crippen LogP contribution < -0.4 is 5.73 Å². The molecule has 2 aromatic rings. The van der Waals surface area contributed by atoms with Crippen LogP contribution in [0.1, 0.15) is 11.1 Å². The van der Waals surface area contributed by atoms with Crippen molar-refractivity contribution < 1.29 is 9.90 Å². The predicted molar refractivity (Wildman–Crippen MR) is 58.1 cm³/mol. The molecule has 0 fully saturated rings. The van der Waals surface area contributed by atoms with Gasteiger partial charge in [0.25, 0.3) is 0 Å². The third-order valence-corrected chi connectivity index (χ3v) is 3.18. The number of benzene rings is 1. The minimum Gasteiger partial charge on any atom is -0.480 e. The van der Waals surface area contributed by atoms with E-state index < -0.39 is 11.5 Å². The van der Waals surface area contributed by atoms with E-state index in [4.69, 9.17) is 10.8 Å². The molecule has 0 saturated carbocycles. The first-order valence-electron chi connectivity index (χ1n) is 5.06. The largest absolute Gasteiger partial charge is 0.480 e. The number of nitrogens with zero attached hydrogens (tertiary/aromatic N) is 1. The third kappa shape index (κ3) is 1.15. The summed E-state index contributed by atoms with van der Waals surface area (Å²) in [7, 11) is 0. The number of H-pyrrole nitrogens is 1. The molecule has 16 heavy (non-hydrogen) atoms. The Morgan fingerprint density at radius 1 is 1.44 bits per heavy atom. The highest BCUT2D eigenvalue weighted by Gasteiger charge is 2.40. The summed E-state index contributed by atoms with van der Waals surface area (Å²) in [4.78, 5) is 18.2. The molecule has 5 nitrogen and oxygen atoms in total.